The zero-order chi connectivity index (χ0) is 28.7. The first-order valence-electron chi connectivity index (χ1n) is 13.9. The van der Waals surface area contributed by atoms with Crippen LogP contribution in [0.2, 0.25) is 0 Å². The molecule has 5 atom stereocenters. The molecule has 0 aromatic heterocycles. The van der Waals surface area contributed by atoms with Gasteiger partial charge in [-0.1, -0.05) is 84.9 Å². The highest BCUT2D eigenvalue weighted by Crippen LogP contribution is 2.32. The average molecular weight is 545 g/mol. The summed E-state index contributed by atoms with van der Waals surface area (Å²) >= 11 is 0. The Morgan fingerprint density at radius 3 is 2.10 bits per heavy atom. The molecular formula is C33H40N2O5. The summed E-state index contributed by atoms with van der Waals surface area (Å²) in [5.41, 5.74) is 3.14. The summed E-state index contributed by atoms with van der Waals surface area (Å²) in [4.78, 5) is 26.4. The van der Waals surface area contributed by atoms with Crippen molar-refractivity contribution >= 4 is 12.0 Å². The lowest BCUT2D eigenvalue weighted by Crippen LogP contribution is -2.48. The molecule has 0 unspecified atom stereocenters. The minimum atomic E-state index is -1.03. The first-order chi connectivity index (χ1) is 19.1. The van der Waals surface area contributed by atoms with Crippen molar-refractivity contribution in [2.24, 2.45) is 5.92 Å². The zero-order valence-electron chi connectivity index (χ0n) is 23.4. The van der Waals surface area contributed by atoms with E-state index < -0.39 is 41.9 Å². The SMILES string of the molecule is CC(C)(C)OC(=O)N[C@@H](Cc1ccccc1)[C@@H](O)C[C@H](Cc1ccccc1)C(=O)N[C@H]1c2ccccc2C[C@H]1O. The molecule has 3 aromatic rings. The number of amides is 2. The highest BCUT2D eigenvalue weighted by atomic mass is 16.6. The van der Waals surface area contributed by atoms with E-state index in [-0.39, 0.29) is 12.3 Å². The van der Waals surface area contributed by atoms with Crippen LogP contribution in [0.1, 0.15) is 55.5 Å². The molecule has 0 radical (unpaired) electrons. The number of aliphatic hydroxyl groups excluding tert-OH is 2. The molecule has 0 saturated carbocycles. The molecule has 0 saturated heterocycles. The predicted octanol–water partition coefficient (Wildman–Crippen LogP) is 4.51. The number of aliphatic hydroxyl groups is 2. The Morgan fingerprint density at radius 2 is 1.48 bits per heavy atom. The minimum absolute atomic E-state index is 0.110. The second kappa shape index (κ2) is 13.1. The fourth-order valence-electron chi connectivity index (χ4n) is 5.27. The van der Waals surface area contributed by atoms with Crippen molar-refractivity contribution in [3.8, 4) is 0 Å². The van der Waals surface area contributed by atoms with Crippen molar-refractivity contribution < 1.29 is 24.5 Å². The van der Waals surface area contributed by atoms with Gasteiger partial charge in [-0.3, -0.25) is 4.79 Å². The van der Waals surface area contributed by atoms with E-state index in [4.69, 9.17) is 4.74 Å². The first kappa shape index (κ1) is 29.3. The summed E-state index contributed by atoms with van der Waals surface area (Å²) in [5, 5.41) is 28.1. The van der Waals surface area contributed by atoms with E-state index in [9.17, 15) is 19.8 Å². The Balaban J connectivity index is 1.54. The minimum Gasteiger partial charge on any atom is -0.444 e. The van der Waals surface area contributed by atoms with Gasteiger partial charge in [0, 0.05) is 12.3 Å². The maximum Gasteiger partial charge on any atom is 0.407 e. The molecule has 0 bridgehead atoms. The summed E-state index contributed by atoms with van der Waals surface area (Å²) in [6, 6.07) is 25.8. The lowest BCUT2D eigenvalue weighted by Gasteiger charge is -2.29. The van der Waals surface area contributed by atoms with Crippen molar-refractivity contribution in [3.63, 3.8) is 0 Å². The van der Waals surface area contributed by atoms with E-state index in [1.54, 1.807) is 20.8 Å². The average Bonchev–Trinajstić information content (AvgIpc) is 3.22. The summed E-state index contributed by atoms with van der Waals surface area (Å²) in [6.45, 7) is 5.35. The third-order valence-electron chi connectivity index (χ3n) is 7.19. The largest absolute Gasteiger partial charge is 0.444 e. The molecule has 1 aliphatic rings. The molecule has 0 aliphatic heterocycles. The molecule has 4 N–H and O–H groups in total. The number of nitrogens with one attached hydrogen (secondary N) is 2. The summed E-state index contributed by atoms with van der Waals surface area (Å²) in [7, 11) is 0. The first-order valence-corrected chi connectivity index (χ1v) is 13.9. The van der Waals surface area contributed by atoms with Crippen molar-refractivity contribution in [2.75, 3.05) is 0 Å². The van der Waals surface area contributed by atoms with E-state index in [0.29, 0.717) is 19.3 Å². The number of fused-ring (bicyclic) bond motifs is 1. The molecule has 0 fully saturated rings. The summed E-state index contributed by atoms with van der Waals surface area (Å²) in [6.07, 6.45) is -1.02. The van der Waals surface area contributed by atoms with Crippen LogP contribution in [-0.2, 0) is 28.8 Å². The fourth-order valence-corrected chi connectivity index (χ4v) is 5.27. The number of alkyl carbamates (subject to hydrolysis) is 1. The quantitative estimate of drug-likeness (QED) is 0.301. The van der Waals surface area contributed by atoms with E-state index in [2.05, 4.69) is 10.6 Å². The van der Waals surface area contributed by atoms with E-state index in [1.807, 2.05) is 84.9 Å². The maximum absolute atomic E-state index is 13.7. The van der Waals surface area contributed by atoms with Crippen molar-refractivity contribution in [3.05, 3.63) is 107 Å². The van der Waals surface area contributed by atoms with Crippen molar-refractivity contribution in [1.82, 2.24) is 10.6 Å². The van der Waals surface area contributed by atoms with Gasteiger partial charge < -0.3 is 25.6 Å². The second-order valence-corrected chi connectivity index (χ2v) is 11.6. The second-order valence-electron chi connectivity index (χ2n) is 11.6. The Labute approximate surface area is 236 Å². The Kier molecular flexibility index (Phi) is 9.61. The zero-order valence-corrected chi connectivity index (χ0v) is 23.4. The summed E-state index contributed by atoms with van der Waals surface area (Å²) < 4.78 is 5.47. The molecule has 4 rings (SSSR count). The van der Waals surface area contributed by atoms with Crippen molar-refractivity contribution in [2.45, 2.75) is 76.3 Å². The van der Waals surface area contributed by atoms with Gasteiger partial charge in [0.25, 0.3) is 0 Å². The Bertz CT molecular complexity index is 1260. The van der Waals surface area contributed by atoms with Crippen molar-refractivity contribution in [1.29, 1.82) is 0 Å². The van der Waals surface area contributed by atoms with Crippen LogP contribution in [0, 0.1) is 5.92 Å². The fraction of sp³-hybridized carbons (Fsp3) is 0.394. The molecule has 0 heterocycles. The predicted molar refractivity (Wildman–Crippen MR) is 155 cm³/mol. The molecule has 3 aromatic carbocycles. The third kappa shape index (κ3) is 8.16. The number of carbonyl (C=O) groups excluding carboxylic acids is 2. The van der Waals surface area contributed by atoms with Gasteiger partial charge in [0.15, 0.2) is 0 Å². The van der Waals surface area contributed by atoms with Gasteiger partial charge in [0.1, 0.15) is 5.60 Å². The van der Waals surface area contributed by atoms with Crippen LogP contribution in [-0.4, -0.2) is 46.1 Å². The van der Waals surface area contributed by atoms with Crippen LogP contribution in [0.4, 0.5) is 4.79 Å². The smallest absolute Gasteiger partial charge is 0.407 e. The molecular weight excluding hydrogens is 504 g/mol. The molecule has 0 spiro atoms. The maximum atomic E-state index is 13.7. The molecule has 40 heavy (non-hydrogen) atoms. The van der Waals surface area contributed by atoms with Crippen LogP contribution < -0.4 is 10.6 Å². The number of ether oxygens (including phenoxy) is 1. The highest BCUT2D eigenvalue weighted by molar-refractivity contribution is 5.80. The Morgan fingerprint density at radius 1 is 0.900 bits per heavy atom. The molecule has 212 valence electrons. The topological polar surface area (TPSA) is 108 Å². The molecule has 7 nitrogen and oxygen atoms in total. The van der Waals surface area contributed by atoms with Gasteiger partial charge in [-0.2, -0.15) is 0 Å². The lowest BCUT2D eigenvalue weighted by molar-refractivity contribution is -0.127. The van der Waals surface area contributed by atoms with E-state index >= 15 is 0 Å². The van der Waals surface area contributed by atoms with Crippen LogP contribution in [0.3, 0.4) is 0 Å². The van der Waals surface area contributed by atoms with Crippen LogP contribution in [0.15, 0.2) is 84.9 Å². The number of hydrogen-bond acceptors (Lipinski definition) is 5. The third-order valence-corrected chi connectivity index (χ3v) is 7.19. The highest BCUT2D eigenvalue weighted by Gasteiger charge is 2.35. The van der Waals surface area contributed by atoms with Gasteiger partial charge in [0.2, 0.25) is 5.91 Å². The normalized spacial score (nSPS) is 18.7. The van der Waals surface area contributed by atoms with Gasteiger partial charge >= 0.3 is 6.09 Å². The van der Waals surface area contributed by atoms with Gasteiger partial charge in [-0.05, 0) is 62.3 Å². The number of rotatable bonds is 10. The summed E-state index contributed by atoms with van der Waals surface area (Å²) in [5.74, 6) is -0.851. The number of carbonyl (C=O) groups is 2. The van der Waals surface area contributed by atoms with Gasteiger partial charge in [-0.15, -0.1) is 0 Å². The van der Waals surface area contributed by atoms with Crippen LogP contribution >= 0.6 is 0 Å². The Hall–Kier alpha value is -3.68. The van der Waals surface area contributed by atoms with E-state index in [0.717, 1.165) is 22.3 Å². The molecule has 2 amide bonds. The van der Waals surface area contributed by atoms with Gasteiger partial charge in [0.05, 0.1) is 24.3 Å². The van der Waals surface area contributed by atoms with Gasteiger partial charge in [-0.25, -0.2) is 4.79 Å². The molecule has 1 aliphatic carbocycles. The monoisotopic (exact) mass is 544 g/mol. The van der Waals surface area contributed by atoms with Crippen LogP contribution in [0.25, 0.3) is 0 Å². The van der Waals surface area contributed by atoms with E-state index in [1.165, 1.54) is 0 Å². The number of hydrogen-bond donors (Lipinski definition) is 4. The standard InChI is InChI=1S/C33H40N2O5/c1-33(2,3)40-32(39)34-27(19-23-14-8-5-9-15-23)28(36)21-25(18-22-12-6-4-7-13-22)31(38)35-30-26-17-11-10-16-24(26)20-29(30)37/h4-17,25,27-30,36-37H,18-21H2,1-3H3,(H,34,39)(H,35,38)/t25-,27-,28-,29+,30-/m0/s1. The number of benzene rings is 3. The van der Waals surface area contributed by atoms with Crippen LogP contribution in [0.5, 0.6) is 0 Å². The molecule has 7 heteroatoms. The lowest BCUT2D eigenvalue weighted by atomic mass is 9.88.